The largest absolute Gasteiger partial charge is 0.336 e. The van der Waals surface area contributed by atoms with Crippen LogP contribution in [0.1, 0.15) is 11.1 Å². The molecular weight excluding hydrogens is 348 g/mol. The molecule has 0 bridgehead atoms. The fourth-order valence-corrected chi connectivity index (χ4v) is 3.27. The zero-order valence-corrected chi connectivity index (χ0v) is 15.6. The van der Waals surface area contributed by atoms with Crippen molar-refractivity contribution in [1.82, 2.24) is 19.9 Å². The molecule has 0 radical (unpaired) electrons. The summed E-state index contributed by atoms with van der Waals surface area (Å²) in [4.78, 5) is 15.0. The highest BCUT2D eigenvalue weighted by atomic mass is 16.2. The summed E-state index contributed by atoms with van der Waals surface area (Å²) in [7, 11) is 0. The van der Waals surface area contributed by atoms with Gasteiger partial charge < -0.3 is 4.90 Å². The number of benzene rings is 3. The molecule has 0 saturated heterocycles. The van der Waals surface area contributed by atoms with E-state index in [4.69, 9.17) is 0 Å². The normalized spacial score (nSPS) is 10.9. The minimum atomic E-state index is 0.0374. The van der Waals surface area contributed by atoms with Gasteiger partial charge in [0.15, 0.2) is 0 Å². The van der Waals surface area contributed by atoms with Crippen LogP contribution in [0.3, 0.4) is 0 Å². The monoisotopic (exact) mass is 370 g/mol. The molecule has 0 fully saturated rings. The second kappa shape index (κ2) is 8.48. The van der Waals surface area contributed by atoms with Gasteiger partial charge in [0.05, 0.1) is 5.52 Å². The van der Waals surface area contributed by atoms with Crippen molar-refractivity contribution < 1.29 is 4.79 Å². The van der Waals surface area contributed by atoms with Gasteiger partial charge in [-0.1, -0.05) is 78.0 Å². The van der Waals surface area contributed by atoms with Crippen molar-refractivity contribution in [3.63, 3.8) is 0 Å². The summed E-state index contributed by atoms with van der Waals surface area (Å²) in [6, 6.07) is 28.0. The van der Waals surface area contributed by atoms with Crippen LogP contribution in [0.5, 0.6) is 0 Å². The van der Waals surface area contributed by atoms with Crippen LogP contribution in [0.25, 0.3) is 11.0 Å². The lowest BCUT2D eigenvalue weighted by Crippen LogP contribution is -2.35. The first-order valence-electron chi connectivity index (χ1n) is 9.43. The summed E-state index contributed by atoms with van der Waals surface area (Å²) in [5, 5.41) is 8.31. The molecule has 0 aliphatic carbocycles. The van der Waals surface area contributed by atoms with E-state index in [1.54, 1.807) is 4.68 Å². The average molecular weight is 370 g/mol. The second-order valence-corrected chi connectivity index (χ2v) is 6.77. The number of amides is 1. The average Bonchev–Trinajstić information content (AvgIpc) is 3.15. The highest BCUT2D eigenvalue weighted by Crippen LogP contribution is 2.12. The lowest BCUT2D eigenvalue weighted by atomic mass is 10.1. The predicted octanol–water partition coefficient (Wildman–Crippen LogP) is 3.70. The zero-order chi connectivity index (χ0) is 19.2. The Balaban J connectivity index is 1.52. The van der Waals surface area contributed by atoms with Crippen LogP contribution in [-0.4, -0.2) is 32.3 Å². The lowest BCUT2D eigenvalue weighted by molar-refractivity contribution is -0.132. The van der Waals surface area contributed by atoms with Crippen molar-refractivity contribution in [2.24, 2.45) is 0 Å². The topological polar surface area (TPSA) is 51.0 Å². The SMILES string of the molecule is O=C(Cn1nnc2ccccc21)N(CCc1ccccc1)Cc1ccccc1. The number of nitrogens with zero attached hydrogens (tertiary/aromatic N) is 4. The van der Waals surface area contributed by atoms with Crippen LogP contribution in [0, 0.1) is 0 Å². The molecule has 0 aliphatic rings. The van der Waals surface area contributed by atoms with Crippen LogP contribution in [-0.2, 0) is 24.3 Å². The molecule has 3 aromatic carbocycles. The number of hydrogen-bond acceptors (Lipinski definition) is 3. The quantitative estimate of drug-likeness (QED) is 0.498. The second-order valence-electron chi connectivity index (χ2n) is 6.77. The van der Waals surface area contributed by atoms with Crippen molar-refractivity contribution in [2.75, 3.05) is 6.54 Å². The standard InChI is InChI=1S/C23H22N4O/c28-23(18-27-22-14-8-7-13-21(22)24-25-27)26(17-20-11-5-2-6-12-20)16-15-19-9-3-1-4-10-19/h1-14H,15-18H2. The molecule has 1 heterocycles. The summed E-state index contributed by atoms with van der Waals surface area (Å²) >= 11 is 0. The van der Waals surface area contributed by atoms with Crippen molar-refractivity contribution in [3.8, 4) is 0 Å². The molecule has 0 N–H and O–H groups in total. The van der Waals surface area contributed by atoms with E-state index in [9.17, 15) is 4.79 Å². The van der Waals surface area contributed by atoms with Gasteiger partial charge in [-0.3, -0.25) is 4.79 Å². The van der Waals surface area contributed by atoms with Crippen LogP contribution < -0.4 is 0 Å². The Hall–Kier alpha value is -3.47. The van der Waals surface area contributed by atoms with Crippen molar-refractivity contribution >= 4 is 16.9 Å². The van der Waals surface area contributed by atoms with E-state index in [1.165, 1.54) is 5.56 Å². The highest BCUT2D eigenvalue weighted by Gasteiger charge is 2.16. The number of fused-ring (bicyclic) bond motifs is 1. The van der Waals surface area contributed by atoms with Gasteiger partial charge in [0.2, 0.25) is 5.91 Å². The van der Waals surface area contributed by atoms with Gasteiger partial charge in [-0.15, -0.1) is 5.10 Å². The fraction of sp³-hybridized carbons (Fsp3) is 0.174. The minimum Gasteiger partial charge on any atom is -0.336 e. The Labute approximate surface area is 164 Å². The molecule has 5 heteroatoms. The Morgan fingerprint density at radius 3 is 2.21 bits per heavy atom. The summed E-state index contributed by atoms with van der Waals surface area (Å²) in [6.45, 7) is 1.42. The number of carbonyl (C=O) groups excluding carboxylic acids is 1. The molecule has 1 aromatic heterocycles. The molecule has 140 valence electrons. The zero-order valence-electron chi connectivity index (χ0n) is 15.6. The molecule has 28 heavy (non-hydrogen) atoms. The molecular formula is C23H22N4O. The van der Waals surface area contributed by atoms with E-state index < -0.39 is 0 Å². The Morgan fingerprint density at radius 2 is 1.46 bits per heavy atom. The predicted molar refractivity (Wildman–Crippen MR) is 110 cm³/mol. The van der Waals surface area contributed by atoms with E-state index in [2.05, 4.69) is 22.4 Å². The fourth-order valence-electron chi connectivity index (χ4n) is 3.27. The van der Waals surface area contributed by atoms with E-state index in [-0.39, 0.29) is 12.5 Å². The first-order chi connectivity index (χ1) is 13.8. The number of aromatic nitrogens is 3. The Bertz CT molecular complexity index is 1040. The summed E-state index contributed by atoms with van der Waals surface area (Å²) in [5.74, 6) is 0.0374. The minimum absolute atomic E-state index is 0.0374. The molecule has 0 atom stereocenters. The van der Waals surface area contributed by atoms with Gasteiger partial charge in [0.1, 0.15) is 12.1 Å². The maximum absolute atomic E-state index is 13.1. The molecule has 0 unspecified atom stereocenters. The van der Waals surface area contributed by atoms with Crippen molar-refractivity contribution in [2.45, 2.75) is 19.5 Å². The summed E-state index contributed by atoms with van der Waals surface area (Å²) in [5.41, 5.74) is 4.01. The van der Waals surface area contributed by atoms with E-state index in [0.717, 1.165) is 23.0 Å². The van der Waals surface area contributed by atoms with E-state index >= 15 is 0 Å². The molecule has 0 aliphatic heterocycles. The number of para-hydroxylation sites is 1. The van der Waals surface area contributed by atoms with Crippen molar-refractivity contribution in [3.05, 3.63) is 96.1 Å². The van der Waals surface area contributed by atoms with Gasteiger partial charge in [0.25, 0.3) is 0 Å². The van der Waals surface area contributed by atoms with E-state index in [1.807, 2.05) is 77.7 Å². The molecule has 4 rings (SSSR count). The molecule has 1 amide bonds. The van der Waals surface area contributed by atoms with Gasteiger partial charge in [-0.25, -0.2) is 4.68 Å². The van der Waals surface area contributed by atoms with Gasteiger partial charge >= 0.3 is 0 Å². The summed E-state index contributed by atoms with van der Waals surface area (Å²) in [6.07, 6.45) is 0.817. The smallest absolute Gasteiger partial charge is 0.244 e. The maximum atomic E-state index is 13.1. The molecule has 0 saturated carbocycles. The number of carbonyl (C=O) groups is 1. The van der Waals surface area contributed by atoms with Crippen LogP contribution in [0.4, 0.5) is 0 Å². The van der Waals surface area contributed by atoms with Gasteiger partial charge in [0, 0.05) is 13.1 Å². The number of hydrogen-bond donors (Lipinski definition) is 0. The Morgan fingerprint density at radius 1 is 0.821 bits per heavy atom. The maximum Gasteiger partial charge on any atom is 0.244 e. The lowest BCUT2D eigenvalue weighted by Gasteiger charge is -2.23. The molecule has 0 spiro atoms. The van der Waals surface area contributed by atoms with Crippen molar-refractivity contribution in [1.29, 1.82) is 0 Å². The van der Waals surface area contributed by atoms with Crippen LogP contribution in [0.2, 0.25) is 0 Å². The third-order valence-electron chi connectivity index (χ3n) is 4.79. The molecule has 4 aromatic rings. The first kappa shape index (κ1) is 17.9. The van der Waals surface area contributed by atoms with Gasteiger partial charge in [-0.05, 0) is 29.7 Å². The van der Waals surface area contributed by atoms with E-state index in [0.29, 0.717) is 13.1 Å². The summed E-state index contributed by atoms with van der Waals surface area (Å²) < 4.78 is 1.68. The third kappa shape index (κ3) is 4.26. The van der Waals surface area contributed by atoms with Gasteiger partial charge in [-0.2, -0.15) is 0 Å². The number of rotatable bonds is 7. The third-order valence-corrected chi connectivity index (χ3v) is 4.79. The Kier molecular flexibility index (Phi) is 5.43. The molecule has 5 nitrogen and oxygen atoms in total. The highest BCUT2D eigenvalue weighted by molar-refractivity contribution is 5.79. The van der Waals surface area contributed by atoms with Crippen LogP contribution in [0.15, 0.2) is 84.9 Å². The first-order valence-corrected chi connectivity index (χ1v) is 9.43. The van der Waals surface area contributed by atoms with Crippen LogP contribution >= 0.6 is 0 Å².